The number of ether oxygens (including phenoxy) is 1. The Kier molecular flexibility index (Phi) is 4.01. The van der Waals surface area contributed by atoms with Crippen molar-refractivity contribution >= 4 is 33.3 Å². The lowest BCUT2D eigenvalue weighted by Crippen LogP contribution is -2.14. The number of nitrogens with two attached hydrogens (primary N) is 1. The number of rotatable bonds is 3. The first kappa shape index (κ1) is 13.4. The van der Waals surface area contributed by atoms with Crippen molar-refractivity contribution in [1.29, 1.82) is 0 Å². The number of aromatic nitrogens is 1. The van der Waals surface area contributed by atoms with Crippen molar-refractivity contribution in [3.8, 4) is 5.75 Å². The van der Waals surface area contributed by atoms with E-state index in [1.54, 1.807) is 36.5 Å². The number of carbonyl (C=O) groups is 1. The quantitative estimate of drug-likeness (QED) is 0.852. The third kappa shape index (κ3) is 3.03. The summed E-state index contributed by atoms with van der Waals surface area (Å²) < 4.78 is 5.85. The molecule has 6 heteroatoms. The van der Waals surface area contributed by atoms with Gasteiger partial charge in [0.05, 0.1) is 17.1 Å². The molecule has 19 heavy (non-hydrogen) atoms. The number of amides is 1. The van der Waals surface area contributed by atoms with E-state index in [0.29, 0.717) is 27.3 Å². The highest BCUT2D eigenvalue weighted by atomic mass is 79.9. The summed E-state index contributed by atoms with van der Waals surface area (Å²) in [6, 6.07) is 8.42. The summed E-state index contributed by atoms with van der Waals surface area (Å²) in [4.78, 5) is 16.2. The number of benzene rings is 1. The molecule has 0 bridgehead atoms. The zero-order valence-corrected chi connectivity index (χ0v) is 11.8. The van der Waals surface area contributed by atoms with Gasteiger partial charge >= 0.3 is 0 Å². The number of hydrogen-bond acceptors (Lipinski definition) is 4. The third-order valence-electron chi connectivity index (χ3n) is 2.46. The van der Waals surface area contributed by atoms with Crippen LogP contribution < -0.4 is 15.8 Å². The van der Waals surface area contributed by atoms with Gasteiger partial charge in [-0.05, 0) is 40.2 Å². The van der Waals surface area contributed by atoms with Gasteiger partial charge in [-0.15, -0.1) is 0 Å². The molecule has 0 aliphatic heterocycles. The minimum Gasteiger partial charge on any atom is -0.496 e. The Labute approximate surface area is 118 Å². The van der Waals surface area contributed by atoms with E-state index in [1.807, 2.05) is 0 Å². The molecule has 2 aromatic rings. The zero-order chi connectivity index (χ0) is 13.8. The van der Waals surface area contributed by atoms with Crippen molar-refractivity contribution in [2.45, 2.75) is 0 Å². The molecule has 0 radical (unpaired) electrons. The average Bonchev–Trinajstić information content (AvgIpc) is 2.41. The van der Waals surface area contributed by atoms with Crippen molar-refractivity contribution < 1.29 is 9.53 Å². The predicted molar refractivity (Wildman–Crippen MR) is 77.3 cm³/mol. The maximum Gasteiger partial charge on any atom is 0.260 e. The van der Waals surface area contributed by atoms with E-state index in [0.717, 1.165) is 0 Å². The molecule has 0 atom stereocenters. The lowest BCUT2D eigenvalue weighted by atomic mass is 10.1. The van der Waals surface area contributed by atoms with Crippen molar-refractivity contribution in [1.82, 2.24) is 4.98 Å². The van der Waals surface area contributed by atoms with Gasteiger partial charge < -0.3 is 15.8 Å². The van der Waals surface area contributed by atoms with Crippen LogP contribution in [-0.4, -0.2) is 18.0 Å². The number of nitrogens with zero attached hydrogens (tertiary/aromatic N) is 1. The molecule has 3 N–H and O–H groups in total. The Hall–Kier alpha value is -2.08. The molecule has 98 valence electrons. The molecule has 0 aliphatic carbocycles. The van der Waals surface area contributed by atoms with Crippen molar-refractivity contribution in [3.63, 3.8) is 0 Å². The summed E-state index contributed by atoms with van der Waals surface area (Å²) in [5, 5.41) is 2.70. The Balaban J connectivity index is 2.28. The smallest absolute Gasteiger partial charge is 0.260 e. The van der Waals surface area contributed by atoms with Gasteiger partial charge in [-0.25, -0.2) is 4.98 Å². The molecular formula is C13H12BrN3O2. The van der Waals surface area contributed by atoms with Crippen LogP contribution in [0.1, 0.15) is 10.4 Å². The van der Waals surface area contributed by atoms with Gasteiger partial charge in [0, 0.05) is 18.0 Å². The first-order chi connectivity index (χ1) is 9.11. The normalized spacial score (nSPS) is 10.0. The zero-order valence-electron chi connectivity index (χ0n) is 10.2. The molecule has 1 heterocycles. The first-order valence-electron chi connectivity index (χ1n) is 5.47. The number of carbonyl (C=O) groups excluding carboxylic acids is 1. The van der Waals surface area contributed by atoms with Gasteiger partial charge in [0.2, 0.25) is 0 Å². The van der Waals surface area contributed by atoms with E-state index < -0.39 is 0 Å². The molecule has 0 spiro atoms. The van der Waals surface area contributed by atoms with E-state index >= 15 is 0 Å². The third-order valence-corrected chi connectivity index (χ3v) is 3.10. The van der Waals surface area contributed by atoms with E-state index in [9.17, 15) is 4.79 Å². The second-order valence-electron chi connectivity index (χ2n) is 3.75. The molecule has 5 nitrogen and oxygen atoms in total. The van der Waals surface area contributed by atoms with E-state index in [-0.39, 0.29) is 5.91 Å². The van der Waals surface area contributed by atoms with Crippen LogP contribution in [0.3, 0.4) is 0 Å². The predicted octanol–water partition coefficient (Wildman–Crippen LogP) is 2.69. The van der Waals surface area contributed by atoms with Crippen LogP contribution in [0.2, 0.25) is 0 Å². The SMILES string of the molecule is COc1cc(N)ccc1C(=O)Nc1ncccc1Br. The molecule has 0 unspecified atom stereocenters. The molecule has 2 rings (SSSR count). The summed E-state index contributed by atoms with van der Waals surface area (Å²) >= 11 is 3.32. The molecule has 1 amide bonds. The molecule has 1 aromatic heterocycles. The maximum absolute atomic E-state index is 12.2. The van der Waals surface area contributed by atoms with Crippen LogP contribution in [0, 0.1) is 0 Å². The van der Waals surface area contributed by atoms with Gasteiger partial charge in [0.15, 0.2) is 0 Å². The Morgan fingerprint density at radius 2 is 2.21 bits per heavy atom. The fourth-order valence-corrected chi connectivity index (χ4v) is 1.90. The van der Waals surface area contributed by atoms with Crippen LogP contribution in [0.5, 0.6) is 5.75 Å². The van der Waals surface area contributed by atoms with Crippen molar-refractivity contribution in [2.75, 3.05) is 18.2 Å². The minimum absolute atomic E-state index is 0.309. The monoisotopic (exact) mass is 321 g/mol. The summed E-state index contributed by atoms with van der Waals surface area (Å²) in [6.45, 7) is 0. The molecular weight excluding hydrogens is 310 g/mol. The molecule has 0 saturated carbocycles. The Bertz CT molecular complexity index is 617. The van der Waals surface area contributed by atoms with Gasteiger partial charge in [-0.2, -0.15) is 0 Å². The van der Waals surface area contributed by atoms with E-state index in [1.165, 1.54) is 7.11 Å². The summed E-state index contributed by atoms with van der Waals surface area (Å²) in [5.41, 5.74) is 6.58. The fraction of sp³-hybridized carbons (Fsp3) is 0.0769. The fourth-order valence-electron chi connectivity index (χ4n) is 1.55. The molecule has 0 saturated heterocycles. The number of hydrogen-bond donors (Lipinski definition) is 2. The average molecular weight is 322 g/mol. The highest BCUT2D eigenvalue weighted by Gasteiger charge is 2.14. The van der Waals surface area contributed by atoms with Crippen LogP contribution in [0.15, 0.2) is 41.0 Å². The van der Waals surface area contributed by atoms with Crippen LogP contribution >= 0.6 is 15.9 Å². The van der Waals surface area contributed by atoms with Crippen LogP contribution in [0.4, 0.5) is 11.5 Å². The van der Waals surface area contributed by atoms with E-state index in [4.69, 9.17) is 10.5 Å². The number of anilines is 2. The number of nitrogen functional groups attached to an aromatic ring is 1. The second-order valence-corrected chi connectivity index (χ2v) is 4.60. The Morgan fingerprint density at radius 3 is 2.89 bits per heavy atom. The molecule has 0 aliphatic rings. The van der Waals surface area contributed by atoms with Crippen LogP contribution in [-0.2, 0) is 0 Å². The number of nitrogens with one attached hydrogen (secondary N) is 1. The number of pyridine rings is 1. The lowest BCUT2D eigenvalue weighted by molar-refractivity contribution is 0.102. The van der Waals surface area contributed by atoms with E-state index in [2.05, 4.69) is 26.2 Å². The molecule has 0 fully saturated rings. The molecule has 1 aromatic carbocycles. The highest BCUT2D eigenvalue weighted by Crippen LogP contribution is 2.24. The van der Waals surface area contributed by atoms with Gasteiger partial charge in [0.1, 0.15) is 11.6 Å². The van der Waals surface area contributed by atoms with Crippen LogP contribution in [0.25, 0.3) is 0 Å². The topological polar surface area (TPSA) is 77.2 Å². The summed E-state index contributed by atoms with van der Waals surface area (Å²) in [5.74, 6) is 0.562. The summed E-state index contributed by atoms with van der Waals surface area (Å²) in [7, 11) is 1.49. The standard InChI is InChI=1S/C13H12BrN3O2/c1-19-11-7-8(15)4-5-9(11)13(18)17-12-10(14)3-2-6-16-12/h2-7H,15H2,1H3,(H,16,17,18). The van der Waals surface area contributed by atoms with Gasteiger partial charge in [-0.1, -0.05) is 0 Å². The van der Waals surface area contributed by atoms with Crippen molar-refractivity contribution in [3.05, 3.63) is 46.6 Å². The number of halogens is 1. The second kappa shape index (κ2) is 5.71. The largest absolute Gasteiger partial charge is 0.496 e. The minimum atomic E-state index is -0.309. The first-order valence-corrected chi connectivity index (χ1v) is 6.26. The van der Waals surface area contributed by atoms with Gasteiger partial charge in [-0.3, -0.25) is 4.79 Å². The number of methoxy groups -OCH3 is 1. The Morgan fingerprint density at radius 1 is 1.42 bits per heavy atom. The van der Waals surface area contributed by atoms with Crippen molar-refractivity contribution in [2.24, 2.45) is 0 Å². The lowest BCUT2D eigenvalue weighted by Gasteiger charge is -2.10. The highest BCUT2D eigenvalue weighted by molar-refractivity contribution is 9.10. The maximum atomic E-state index is 12.2. The van der Waals surface area contributed by atoms with Gasteiger partial charge in [0.25, 0.3) is 5.91 Å². The summed E-state index contributed by atoms with van der Waals surface area (Å²) in [6.07, 6.45) is 1.60.